The maximum absolute atomic E-state index is 10.2. The van der Waals surface area contributed by atoms with Crippen LogP contribution in [-0.4, -0.2) is 11.3 Å². The van der Waals surface area contributed by atoms with E-state index in [1.54, 1.807) is 18.5 Å². The predicted octanol–water partition coefficient (Wildman–Crippen LogP) is 4.23. The van der Waals surface area contributed by atoms with Crippen molar-refractivity contribution < 1.29 is 13.9 Å². The van der Waals surface area contributed by atoms with Gasteiger partial charge in [0.25, 0.3) is 0 Å². The van der Waals surface area contributed by atoms with Gasteiger partial charge >= 0.3 is 0 Å². The molecule has 4 nitrogen and oxygen atoms in total. The highest BCUT2D eigenvalue weighted by molar-refractivity contribution is 6.02. The van der Waals surface area contributed by atoms with Crippen molar-refractivity contribution in [1.82, 2.24) is 0 Å². The SMILES string of the molecule is Oc1ccc2oc3c(c2c1C=NCc1ccco1)CCCC3. The van der Waals surface area contributed by atoms with Gasteiger partial charge in [-0.1, -0.05) is 0 Å². The molecule has 22 heavy (non-hydrogen) atoms. The molecular formula is C18H17NO3. The molecule has 0 fully saturated rings. The van der Waals surface area contributed by atoms with Crippen LogP contribution in [0.1, 0.15) is 35.5 Å². The Morgan fingerprint density at radius 1 is 1.18 bits per heavy atom. The number of aromatic hydroxyl groups is 1. The Hall–Kier alpha value is -2.49. The van der Waals surface area contributed by atoms with Crippen LogP contribution in [0.25, 0.3) is 11.0 Å². The fourth-order valence-corrected chi connectivity index (χ4v) is 3.13. The number of aryl methyl sites for hydroxylation is 2. The lowest BCUT2D eigenvalue weighted by atomic mass is 9.94. The number of benzene rings is 1. The summed E-state index contributed by atoms with van der Waals surface area (Å²) >= 11 is 0. The van der Waals surface area contributed by atoms with E-state index in [9.17, 15) is 5.11 Å². The predicted molar refractivity (Wildman–Crippen MR) is 84.5 cm³/mol. The van der Waals surface area contributed by atoms with E-state index >= 15 is 0 Å². The lowest BCUT2D eigenvalue weighted by Gasteiger charge is -2.09. The molecule has 0 amide bonds. The summed E-state index contributed by atoms with van der Waals surface area (Å²) in [5.74, 6) is 2.11. The number of rotatable bonds is 3. The monoisotopic (exact) mass is 295 g/mol. The number of furan rings is 2. The summed E-state index contributed by atoms with van der Waals surface area (Å²) < 4.78 is 11.2. The number of hydrogen-bond donors (Lipinski definition) is 1. The first-order chi connectivity index (χ1) is 10.8. The second-order valence-corrected chi connectivity index (χ2v) is 5.63. The smallest absolute Gasteiger partial charge is 0.135 e. The molecule has 0 saturated carbocycles. The first-order valence-corrected chi connectivity index (χ1v) is 7.61. The highest BCUT2D eigenvalue weighted by Crippen LogP contribution is 2.36. The van der Waals surface area contributed by atoms with Crippen LogP contribution in [0, 0.1) is 0 Å². The molecule has 0 saturated heterocycles. The molecule has 2 aromatic heterocycles. The summed E-state index contributed by atoms with van der Waals surface area (Å²) in [5, 5.41) is 11.2. The van der Waals surface area contributed by atoms with Crippen molar-refractivity contribution in [1.29, 1.82) is 0 Å². The largest absolute Gasteiger partial charge is 0.507 e. The van der Waals surface area contributed by atoms with Crippen molar-refractivity contribution in [3.05, 3.63) is 53.2 Å². The van der Waals surface area contributed by atoms with Crippen LogP contribution < -0.4 is 0 Å². The Labute approximate surface area is 128 Å². The van der Waals surface area contributed by atoms with Crippen LogP contribution in [0.4, 0.5) is 0 Å². The van der Waals surface area contributed by atoms with Gasteiger partial charge in [-0.15, -0.1) is 0 Å². The molecule has 0 spiro atoms. The zero-order chi connectivity index (χ0) is 14.9. The molecule has 0 atom stereocenters. The van der Waals surface area contributed by atoms with Crippen LogP contribution in [0.15, 0.2) is 44.4 Å². The Morgan fingerprint density at radius 2 is 2.09 bits per heavy atom. The number of fused-ring (bicyclic) bond motifs is 3. The average molecular weight is 295 g/mol. The van der Waals surface area contributed by atoms with Crippen molar-refractivity contribution in [2.75, 3.05) is 0 Å². The normalized spacial score (nSPS) is 14.7. The summed E-state index contributed by atoms with van der Waals surface area (Å²) in [4.78, 5) is 4.40. The van der Waals surface area contributed by atoms with Gasteiger partial charge in [0.15, 0.2) is 0 Å². The minimum absolute atomic E-state index is 0.241. The second kappa shape index (κ2) is 5.37. The fraction of sp³-hybridized carbons (Fsp3) is 0.278. The fourth-order valence-electron chi connectivity index (χ4n) is 3.13. The van der Waals surface area contributed by atoms with Crippen molar-refractivity contribution in [3.8, 4) is 5.75 Å². The molecule has 0 aliphatic heterocycles. The van der Waals surface area contributed by atoms with Gasteiger partial charge in [0.2, 0.25) is 0 Å². The third-order valence-electron chi connectivity index (χ3n) is 4.18. The molecule has 0 bridgehead atoms. The molecular weight excluding hydrogens is 278 g/mol. The molecule has 1 N–H and O–H groups in total. The first-order valence-electron chi connectivity index (χ1n) is 7.61. The van der Waals surface area contributed by atoms with Gasteiger partial charge in [0, 0.05) is 29.1 Å². The summed E-state index contributed by atoms with van der Waals surface area (Å²) in [6.45, 7) is 0.461. The minimum Gasteiger partial charge on any atom is -0.507 e. The Morgan fingerprint density at radius 3 is 2.95 bits per heavy atom. The van der Waals surface area contributed by atoms with E-state index in [0.717, 1.165) is 40.9 Å². The maximum atomic E-state index is 10.2. The minimum atomic E-state index is 0.241. The molecule has 1 aromatic carbocycles. The van der Waals surface area contributed by atoms with E-state index in [-0.39, 0.29) is 5.75 Å². The summed E-state index contributed by atoms with van der Waals surface area (Å²) in [6, 6.07) is 7.24. The number of nitrogens with zero attached hydrogens (tertiary/aromatic N) is 1. The number of hydrogen-bond acceptors (Lipinski definition) is 4. The van der Waals surface area contributed by atoms with Gasteiger partial charge in [-0.05, 0) is 43.5 Å². The molecule has 1 aliphatic rings. The quantitative estimate of drug-likeness (QED) is 0.736. The van der Waals surface area contributed by atoms with E-state index in [2.05, 4.69) is 4.99 Å². The lowest BCUT2D eigenvalue weighted by molar-refractivity contribution is 0.474. The van der Waals surface area contributed by atoms with Gasteiger partial charge in [0.05, 0.1) is 12.8 Å². The zero-order valence-corrected chi connectivity index (χ0v) is 12.2. The highest BCUT2D eigenvalue weighted by atomic mass is 16.3. The van der Waals surface area contributed by atoms with Gasteiger partial charge < -0.3 is 13.9 Å². The topological polar surface area (TPSA) is 58.9 Å². The van der Waals surface area contributed by atoms with Crippen molar-refractivity contribution >= 4 is 17.2 Å². The molecule has 0 radical (unpaired) electrons. The number of phenols is 1. The first kappa shape index (κ1) is 13.2. The Kier molecular flexibility index (Phi) is 3.22. The number of phenolic OH excluding ortho intramolecular Hbond substituents is 1. The van der Waals surface area contributed by atoms with Gasteiger partial charge in [-0.3, -0.25) is 4.99 Å². The molecule has 3 aromatic rings. The van der Waals surface area contributed by atoms with Crippen LogP contribution in [0.5, 0.6) is 5.75 Å². The van der Waals surface area contributed by atoms with Crippen LogP contribution in [0.3, 0.4) is 0 Å². The van der Waals surface area contributed by atoms with Crippen LogP contribution in [-0.2, 0) is 19.4 Å². The lowest BCUT2D eigenvalue weighted by Crippen LogP contribution is -1.99. The van der Waals surface area contributed by atoms with Gasteiger partial charge in [0.1, 0.15) is 22.9 Å². The van der Waals surface area contributed by atoms with E-state index in [1.165, 1.54) is 18.4 Å². The standard InChI is InChI=1S/C18H17NO3/c20-15-7-8-17-18(13-5-1-2-6-16(13)22-17)14(15)11-19-10-12-4-3-9-21-12/h3-4,7-9,11,20H,1-2,5-6,10H2. The average Bonchev–Trinajstić information content (AvgIpc) is 3.16. The van der Waals surface area contributed by atoms with Crippen molar-refractivity contribution in [2.24, 2.45) is 4.99 Å². The Balaban J connectivity index is 1.76. The molecule has 112 valence electrons. The van der Waals surface area contributed by atoms with E-state index in [0.29, 0.717) is 6.54 Å². The molecule has 0 unspecified atom stereocenters. The second-order valence-electron chi connectivity index (χ2n) is 5.63. The molecule has 2 heterocycles. The van der Waals surface area contributed by atoms with Gasteiger partial charge in [-0.25, -0.2) is 0 Å². The summed E-state index contributed by atoms with van der Waals surface area (Å²) in [7, 11) is 0. The van der Waals surface area contributed by atoms with Crippen molar-refractivity contribution in [3.63, 3.8) is 0 Å². The van der Waals surface area contributed by atoms with Crippen LogP contribution in [0.2, 0.25) is 0 Å². The van der Waals surface area contributed by atoms with E-state index < -0.39 is 0 Å². The molecule has 1 aliphatic carbocycles. The molecule has 4 rings (SSSR count). The molecule has 4 heteroatoms. The van der Waals surface area contributed by atoms with E-state index in [4.69, 9.17) is 8.83 Å². The Bertz CT molecular complexity index is 828. The number of aliphatic imine (C=N–C) groups is 1. The summed E-state index contributed by atoms with van der Waals surface area (Å²) in [6.07, 6.45) is 7.68. The van der Waals surface area contributed by atoms with Gasteiger partial charge in [-0.2, -0.15) is 0 Å². The highest BCUT2D eigenvalue weighted by Gasteiger charge is 2.21. The summed E-state index contributed by atoms with van der Waals surface area (Å²) in [5.41, 5.74) is 2.82. The maximum Gasteiger partial charge on any atom is 0.135 e. The van der Waals surface area contributed by atoms with Crippen LogP contribution >= 0.6 is 0 Å². The zero-order valence-electron chi connectivity index (χ0n) is 12.2. The third kappa shape index (κ3) is 2.21. The van der Waals surface area contributed by atoms with E-state index in [1.807, 2.05) is 18.2 Å². The third-order valence-corrected chi connectivity index (χ3v) is 4.18. The van der Waals surface area contributed by atoms with Crippen molar-refractivity contribution in [2.45, 2.75) is 32.2 Å².